The highest BCUT2D eigenvalue weighted by Crippen LogP contribution is 2.37. The van der Waals surface area contributed by atoms with Gasteiger partial charge in [0.2, 0.25) is 0 Å². The van der Waals surface area contributed by atoms with Gasteiger partial charge in [-0.25, -0.2) is 0 Å². The topological polar surface area (TPSA) is 46.5 Å². The third kappa shape index (κ3) is 4.05. The van der Waals surface area contributed by atoms with Crippen LogP contribution < -0.4 is 0 Å². The van der Waals surface area contributed by atoms with Gasteiger partial charge in [0.15, 0.2) is 0 Å². The molecule has 0 spiro atoms. The van der Waals surface area contributed by atoms with Gasteiger partial charge in [0.05, 0.1) is 6.61 Å². The van der Waals surface area contributed by atoms with Crippen LogP contribution in [0.1, 0.15) is 19.3 Å². The largest absolute Gasteiger partial charge is 0.325 e. The Labute approximate surface area is 73.0 Å². The number of allylic oxidation sites excluding steroid dienone is 2. The van der Waals surface area contributed by atoms with Gasteiger partial charge < -0.3 is 9.42 Å². The minimum absolute atomic E-state index is 0.411. The van der Waals surface area contributed by atoms with Crippen molar-refractivity contribution in [3.63, 3.8) is 0 Å². The fraction of sp³-hybridized carbons (Fsp3) is 0.750. The summed E-state index contributed by atoms with van der Waals surface area (Å²) < 4.78 is 15.6. The first kappa shape index (κ1) is 9.97. The first-order valence-electron chi connectivity index (χ1n) is 4.18. The van der Waals surface area contributed by atoms with Gasteiger partial charge in [0, 0.05) is 6.66 Å². The zero-order valence-electron chi connectivity index (χ0n) is 7.27. The molecule has 0 bridgehead atoms. The first-order valence-corrected chi connectivity index (χ1v) is 6.20. The highest BCUT2D eigenvalue weighted by molar-refractivity contribution is 7.51. The third-order valence-electron chi connectivity index (χ3n) is 1.93. The second-order valence-electron chi connectivity index (χ2n) is 3.25. The van der Waals surface area contributed by atoms with Crippen LogP contribution >= 0.6 is 7.60 Å². The minimum Gasteiger partial charge on any atom is -0.324 e. The van der Waals surface area contributed by atoms with E-state index in [0.717, 1.165) is 19.3 Å². The molecule has 0 amide bonds. The first-order chi connectivity index (χ1) is 5.58. The molecule has 0 aromatic rings. The van der Waals surface area contributed by atoms with E-state index in [0.29, 0.717) is 12.5 Å². The van der Waals surface area contributed by atoms with E-state index in [1.54, 1.807) is 0 Å². The molecule has 0 radical (unpaired) electrons. The van der Waals surface area contributed by atoms with Crippen LogP contribution in [0.2, 0.25) is 0 Å². The average Bonchev–Trinajstić information content (AvgIpc) is 2.02. The Hall–Kier alpha value is -0.110. The van der Waals surface area contributed by atoms with Crippen LogP contribution in [-0.4, -0.2) is 18.2 Å². The maximum atomic E-state index is 10.8. The fourth-order valence-electron chi connectivity index (χ4n) is 1.25. The van der Waals surface area contributed by atoms with Crippen molar-refractivity contribution in [1.29, 1.82) is 0 Å². The lowest BCUT2D eigenvalue weighted by Crippen LogP contribution is -2.09. The molecule has 0 aromatic carbocycles. The molecule has 0 aliphatic heterocycles. The zero-order chi connectivity index (χ0) is 9.03. The van der Waals surface area contributed by atoms with Crippen LogP contribution in [0.3, 0.4) is 0 Å². The Bertz CT molecular complexity index is 206. The Kier molecular flexibility index (Phi) is 3.51. The van der Waals surface area contributed by atoms with Crippen molar-refractivity contribution in [1.82, 2.24) is 0 Å². The van der Waals surface area contributed by atoms with Crippen molar-refractivity contribution in [3.8, 4) is 0 Å². The summed E-state index contributed by atoms with van der Waals surface area (Å²) >= 11 is 0. The summed E-state index contributed by atoms with van der Waals surface area (Å²) in [6, 6.07) is 0. The van der Waals surface area contributed by atoms with Crippen LogP contribution in [0.25, 0.3) is 0 Å². The van der Waals surface area contributed by atoms with Gasteiger partial charge in [-0.15, -0.1) is 0 Å². The molecule has 1 aliphatic carbocycles. The van der Waals surface area contributed by atoms with E-state index >= 15 is 0 Å². The summed E-state index contributed by atoms with van der Waals surface area (Å²) in [7, 11) is -3.26. The van der Waals surface area contributed by atoms with Gasteiger partial charge in [-0.1, -0.05) is 12.2 Å². The molecule has 2 unspecified atom stereocenters. The van der Waals surface area contributed by atoms with Crippen LogP contribution in [-0.2, 0) is 9.09 Å². The highest BCUT2D eigenvalue weighted by atomic mass is 31.2. The van der Waals surface area contributed by atoms with E-state index in [9.17, 15) is 4.57 Å². The molecular weight excluding hydrogens is 175 g/mol. The van der Waals surface area contributed by atoms with Gasteiger partial charge in [-0.05, 0) is 25.2 Å². The smallest absolute Gasteiger partial charge is 0.324 e. The van der Waals surface area contributed by atoms with E-state index in [4.69, 9.17) is 9.42 Å². The predicted octanol–water partition coefficient (Wildman–Crippen LogP) is 2.17. The van der Waals surface area contributed by atoms with Crippen molar-refractivity contribution in [3.05, 3.63) is 12.2 Å². The summed E-state index contributed by atoms with van der Waals surface area (Å²) in [6.45, 7) is 1.64. The molecule has 0 aromatic heterocycles. The predicted molar refractivity (Wildman–Crippen MR) is 48.2 cm³/mol. The minimum atomic E-state index is -3.26. The quantitative estimate of drug-likeness (QED) is 0.548. The Morgan fingerprint density at radius 2 is 2.42 bits per heavy atom. The molecule has 1 aliphatic rings. The van der Waals surface area contributed by atoms with Gasteiger partial charge in [0.25, 0.3) is 0 Å². The Morgan fingerprint density at radius 3 is 2.92 bits per heavy atom. The molecule has 1 N–H and O–H groups in total. The maximum Gasteiger partial charge on any atom is 0.325 e. The molecule has 0 saturated heterocycles. The molecule has 3 nitrogen and oxygen atoms in total. The van der Waals surface area contributed by atoms with E-state index in [1.807, 2.05) is 0 Å². The van der Waals surface area contributed by atoms with Crippen molar-refractivity contribution in [2.45, 2.75) is 19.3 Å². The lowest BCUT2D eigenvalue weighted by molar-refractivity contribution is 0.211. The van der Waals surface area contributed by atoms with E-state index in [-0.39, 0.29) is 0 Å². The Morgan fingerprint density at radius 1 is 1.67 bits per heavy atom. The number of rotatable bonds is 3. The summed E-state index contributed by atoms with van der Waals surface area (Å²) in [4.78, 5) is 8.86. The van der Waals surface area contributed by atoms with Crippen molar-refractivity contribution in [2.75, 3.05) is 13.3 Å². The molecular formula is C8H15O3P. The molecule has 0 fully saturated rings. The SMILES string of the molecule is CP(=O)(O)OCC1CC=CCC1. The zero-order valence-corrected chi connectivity index (χ0v) is 8.17. The molecule has 4 heteroatoms. The van der Waals surface area contributed by atoms with Crippen LogP contribution in [0.4, 0.5) is 0 Å². The summed E-state index contributed by atoms with van der Waals surface area (Å²) in [6.07, 6.45) is 7.35. The van der Waals surface area contributed by atoms with Crippen molar-refractivity contribution >= 4 is 7.60 Å². The molecule has 12 heavy (non-hydrogen) atoms. The standard InChI is InChI=1S/C8H15O3P/c1-12(9,10)11-7-8-5-3-2-4-6-8/h2-3,8H,4-7H2,1H3,(H,9,10). The lowest BCUT2D eigenvalue weighted by atomic mass is 9.96. The van der Waals surface area contributed by atoms with Crippen LogP contribution in [0, 0.1) is 5.92 Å². The van der Waals surface area contributed by atoms with Crippen molar-refractivity contribution < 1.29 is 14.0 Å². The summed E-state index contributed by atoms with van der Waals surface area (Å²) in [5.74, 6) is 0.426. The second kappa shape index (κ2) is 4.22. The third-order valence-corrected chi connectivity index (χ3v) is 2.56. The molecule has 70 valence electrons. The monoisotopic (exact) mass is 190 g/mol. The molecule has 1 rings (SSSR count). The molecule has 2 atom stereocenters. The van der Waals surface area contributed by atoms with E-state index in [1.165, 1.54) is 6.66 Å². The maximum absolute atomic E-state index is 10.8. The van der Waals surface area contributed by atoms with Crippen LogP contribution in [0.15, 0.2) is 12.2 Å². The van der Waals surface area contributed by atoms with E-state index in [2.05, 4.69) is 12.2 Å². The van der Waals surface area contributed by atoms with Gasteiger partial charge >= 0.3 is 7.60 Å². The van der Waals surface area contributed by atoms with Gasteiger partial charge in [-0.2, -0.15) is 0 Å². The molecule has 0 heterocycles. The summed E-state index contributed by atoms with van der Waals surface area (Å²) in [5.41, 5.74) is 0. The number of hydrogen-bond donors (Lipinski definition) is 1. The fourth-order valence-corrected chi connectivity index (χ4v) is 1.74. The lowest BCUT2D eigenvalue weighted by Gasteiger charge is -2.18. The normalized spacial score (nSPS) is 28.3. The highest BCUT2D eigenvalue weighted by Gasteiger charge is 2.15. The Balaban J connectivity index is 2.23. The van der Waals surface area contributed by atoms with Crippen molar-refractivity contribution in [2.24, 2.45) is 5.92 Å². The number of hydrogen-bond acceptors (Lipinski definition) is 2. The van der Waals surface area contributed by atoms with Crippen LogP contribution in [0.5, 0.6) is 0 Å². The second-order valence-corrected chi connectivity index (χ2v) is 5.11. The summed E-state index contributed by atoms with van der Waals surface area (Å²) in [5, 5.41) is 0. The van der Waals surface area contributed by atoms with Gasteiger partial charge in [-0.3, -0.25) is 4.57 Å². The van der Waals surface area contributed by atoms with E-state index < -0.39 is 7.60 Å². The average molecular weight is 190 g/mol. The molecule has 0 saturated carbocycles. The van der Waals surface area contributed by atoms with Gasteiger partial charge in [0.1, 0.15) is 0 Å².